The number of H-pyrrole nitrogens is 1. The molecule has 0 aromatic carbocycles. The maximum absolute atomic E-state index is 4.85. The SMILES string of the molecule is CC.CC.CC.Cc1cn[nH]n1.Cc1ncoc1C.Cc1ncoc1C.Cc1ncsc1C.Cc1ncsc1C.Cc1noc(C)n1.Cc1noc(C)n1.Cc1nsc(C)n1.Cc1nsc(C)n1.Cn1cncn1.Cn1nccn1. The van der Waals surface area contributed by atoms with Crippen LogP contribution in [-0.4, -0.2) is 104 Å². The van der Waals surface area contributed by atoms with Crippen LogP contribution in [-0.2, 0) is 14.1 Å². The molecule has 0 atom stereocenters. The van der Waals surface area contributed by atoms with Crippen molar-refractivity contribution >= 4 is 45.7 Å². The predicted molar refractivity (Wildman–Crippen MR) is 319 cm³/mol. The summed E-state index contributed by atoms with van der Waals surface area (Å²) < 4.78 is 28.4. The molecule has 0 aliphatic heterocycles. The Kier molecular flexibility index (Phi) is 46.6. The minimum absolute atomic E-state index is 0.623. The van der Waals surface area contributed by atoms with Gasteiger partial charge in [0.1, 0.15) is 45.8 Å². The van der Waals surface area contributed by atoms with Crippen molar-refractivity contribution in [3.63, 3.8) is 0 Å². The standard InChI is InChI=1S/2C5H7NO.2C5H7NS.2C4H6N2O.2C4H6N2S.3C3H5N3.3C2H6/c4*1-4-5(2)7-3-6-4;4*1-3-5-4(2)7-6-3;1-6-3-4-2-5-6;1-6-4-2-3-5-6;1-3-2-4-6-5-3;3*1-2/h4*3H,1-2H3;4*1-2H3;2*2-3H,1H3;2H,1H3,(H,4,5,6);3*1-2H3. The summed E-state index contributed by atoms with van der Waals surface area (Å²) in [5.41, 5.74) is 8.92. The van der Waals surface area contributed by atoms with E-state index in [2.05, 4.69) is 118 Å². The first kappa shape index (κ1) is 76.7. The topological polar surface area (TPSA) is 310 Å². The number of aromatic amines is 1. The molecule has 80 heavy (non-hydrogen) atoms. The van der Waals surface area contributed by atoms with Crippen molar-refractivity contribution in [3.8, 4) is 0 Å². The summed E-state index contributed by atoms with van der Waals surface area (Å²) in [6, 6.07) is 0. The van der Waals surface area contributed by atoms with Gasteiger partial charge in [-0.15, -0.1) is 22.7 Å². The Morgan fingerprint density at radius 3 is 0.988 bits per heavy atom. The van der Waals surface area contributed by atoms with Crippen molar-refractivity contribution < 1.29 is 17.9 Å². The fourth-order valence-electron chi connectivity index (χ4n) is 3.85. The van der Waals surface area contributed by atoms with Gasteiger partial charge in [-0.05, 0) is 127 Å². The zero-order valence-corrected chi connectivity index (χ0v) is 54.7. The van der Waals surface area contributed by atoms with Gasteiger partial charge in [-0.3, -0.25) is 4.68 Å². The monoisotopic (exact) mass is 1180 g/mol. The molecule has 11 aromatic rings. The Morgan fingerprint density at radius 2 is 0.900 bits per heavy atom. The maximum Gasteiger partial charge on any atom is 0.223 e. The van der Waals surface area contributed by atoms with E-state index < -0.39 is 0 Å². The molecule has 0 amide bonds. The van der Waals surface area contributed by atoms with E-state index in [9.17, 15) is 0 Å². The van der Waals surface area contributed by atoms with Gasteiger partial charge in [-0.1, -0.05) is 51.9 Å². The van der Waals surface area contributed by atoms with Crippen LogP contribution in [0.2, 0.25) is 0 Å². The van der Waals surface area contributed by atoms with Crippen molar-refractivity contribution in [1.29, 1.82) is 0 Å². The van der Waals surface area contributed by atoms with E-state index in [-0.39, 0.29) is 0 Å². The Bertz CT molecular complexity index is 2490. The van der Waals surface area contributed by atoms with Crippen molar-refractivity contribution in [1.82, 2.24) is 104 Å². The molecular weight excluding hydrogens is 1100 g/mol. The van der Waals surface area contributed by atoms with E-state index in [0.717, 1.165) is 61.7 Å². The zero-order chi connectivity index (χ0) is 61.4. The molecule has 0 unspecified atom stereocenters. The molecule has 25 nitrogen and oxygen atoms in total. The molecule has 11 heterocycles. The third-order valence-corrected chi connectivity index (χ3v) is 11.2. The molecule has 0 bridgehead atoms. The highest BCUT2D eigenvalue weighted by Crippen LogP contribution is 2.09. The molecule has 11 aromatic heterocycles. The van der Waals surface area contributed by atoms with Crippen LogP contribution in [0.1, 0.15) is 136 Å². The summed E-state index contributed by atoms with van der Waals surface area (Å²) in [6.07, 6.45) is 11.0. The number of hydrogen-bond acceptors (Lipinski definition) is 26. The van der Waals surface area contributed by atoms with Gasteiger partial charge in [0.2, 0.25) is 11.8 Å². The number of oxazole rings is 2. The smallest absolute Gasteiger partial charge is 0.223 e. The summed E-state index contributed by atoms with van der Waals surface area (Å²) in [6.45, 7) is 44.5. The lowest BCUT2D eigenvalue weighted by Crippen LogP contribution is -1.89. The van der Waals surface area contributed by atoms with E-state index in [0.29, 0.717) is 23.4 Å². The minimum Gasteiger partial charge on any atom is -0.449 e. The van der Waals surface area contributed by atoms with Gasteiger partial charge >= 0.3 is 0 Å². The van der Waals surface area contributed by atoms with Gasteiger partial charge in [-0.25, -0.2) is 34.9 Å². The van der Waals surface area contributed by atoms with E-state index in [1.54, 1.807) is 87.0 Å². The number of thiazole rings is 2. The van der Waals surface area contributed by atoms with E-state index >= 15 is 0 Å². The second-order valence-electron chi connectivity index (χ2n) is 14.6. The van der Waals surface area contributed by atoms with Crippen molar-refractivity contribution in [2.75, 3.05) is 0 Å². The first-order valence-corrected chi connectivity index (χ1v) is 28.3. The Hall–Kier alpha value is -7.50. The van der Waals surface area contributed by atoms with Crippen molar-refractivity contribution in [3.05, 3.63) is 150 Å². The summed E-state index contributed by atoms with van der Waals surface area (Å²) in [4.78, 5) is 39.3. The van der Waals surface area contributed by atoms with Crippen LogP contribution in [0.25, 0.3) is 0 Å². The molecule has 0 saturated carbocycles. The van der Waals surface area contributed by atoms with E-state index in [1.807, 2.05) is 136 Å². The number of rotatable bonds is 0. The second-order valence-corrected chi connectivity index (χ2v) is 18.6. The van der Waals surface area contributed by atoms with Crippen molar-refractivity contribution in [2.45, 2.75) is 159 Å². The highest BCUT2D eigenvalue weighted by Gasteiger charge is 1.94. The first-order chi connectivity index (χ1) is 38.1. The van der Waals surface area contributed by atoms with Gasteiger partial charge in [-0.2, -0.15) is 54.2 Å². The highest BCUT2D eigenvalue weighted by molar-refractivity contribution is 7.10. The van der Waals surface area contributed by atoms with Gasteiger partial charge in [0.05, 0.1) is 58.1 Å². The normalized spacial score (nSPS) is 8.81. The average molecular weight is 1180 g/mol. The molecule has 0 saturated heterocycles. The fraction of sp³-hybridized carbons (Fsp3) is 0.490. The third kappa shape index (κ3) is 42.5. The number of aromatic nitrogens is 21. The Balaban J connectivity index is -0.000000808. The van der Waals surface area contributed by atoms with Crippen LogP contribution < -0.4 is 0 Å². The molecule has 1 N–H and O–H groups in total. The molecule has 29 heteroatoms. The third-order valence-electron chi connectivity index (χ3n) is 8.06. The van der Waals surface area contributed by atoms with Crippen LogP contribution in [0, 0.1) is 118 Å². The second kappa shape index (κ2) is 48.6. The average Bonchev–Trinajstić information content (AvgIpc) is 4.25. The predicted octanol–water partition coefficient (Wildman–Crippen LogP) is 12.6. The maximum atomic E-state index is 4.85. The summed E-state index contributed by atoms with van der Waals surface area (Å²) in [7, 11) is 3.60. The lowest BCUT2D eigenvalue weighted by atomic mass is 10.4. The number of aryl methyl sites for hydroxylation is 19. The molecule has 0 spiro atoms. The van der Waals surface area contributed by atoms with Crippen LogP contribution in [0.3, 0.4) is 0 Å². The molecule has 11 rings (SSSR count). The summed E-state index contributed by atoms with van der Waals surface area (Å²) >= 11 is 6.27. The van der Waals surface area contributed by atoms with Gasteiger partial charge in [0.25, 0.3) is 0 Å². The fourth-order valence-corrected chi connectivity index (χ4v) is 5.99. The van der Waals surface area contributed by atoms with Crippen LogP contribution in [0.5, 0.6) is 0 Å². The first-order valence-electron chi connectivity index (χ1n) is 25.0. The van der Waals surface area contributed by atoms with Gasteiger partial charge in [0, 0.05) is 37.7 Å². The molecule has 0 fully saturated rings. The largest absolute Gasteiger partial charge is 0.449 e. The van der Waals surface area contributed by atoms with Gasteiger partial charge < -0.3 is 17.9 Å². The molecular formula is C51H85N21O4S4. The summed E-state index contributed by atoms with van der Waals surface area (Å²) in [5, 5.41) is 30.0. The molecule has 0 radical (unpaired) electrons. The quantitative estimate of drug-likeness (QED) is 0.147. The zero-order valence-electron chi connectivity index (χ0n) is 51.4. The summed E-state index contributed by atoms with van der Waals surface area (Å²) in [5.74, 6) is 6.19. The lowest BCUT2D eigenvalue weighted by molar-refractivity contribution is 0.389. The molecule has 0 aliphatic rings. The van der Waals surface area contributed by atoms with Crippen molar-refractivity contribution in [2.24, 2.45) is 14.1 Å². The minimum atomic E-state index is 0.623. The van der Waals surface area contributed by atoms with Crippen LogP contribution >= 0.6 is 45.7 Å². The van der Waals surface area contributed by atoms with E-state index in [4.69, 9.17) is 8.83 Å². The van der Waals surface area contributed by atoms with Gasteiger partial charge in [0.15, 0.2) is 24.4 Å². The number of nitrogens with zero attached hydrogens (tertiary/aromatic N) is 20. The van der Waals surface area contributed by atoms with Crippen LogP contribution in [0.15, 0.2) is 72.9 Å². The van der Waals surface area contributed by atoms with E-state index in [1.165, 1.54) is 56.7 Å². The Morgan fingerprint density at radius 1 is 0.487 bits per heavy atom. The number of nitrogens with one attached hydrogen (secondary N) is 1. The molecule has 442 valence electrons. The lowest BCUT2D eigenvalue weighted by Gasteiger charge is -1.77. The van der Waals surface area contributed by atoms with Crippen LogP contribution in [0.4, 0.5) is 0 Å². The number of hydrogen-bond donors (Lipinski definition) is 1. The molecule has 0 aliphatic carbocycles. The Labute approximate surface area is 488 Å². The highest BCUT2D eigenvalue weighted by atomic mass is 32.1.